The fourth-order valence-electron chi connectivity index (χ4n) is 2.06. The van der Waals surface area contributed by atoms with Crippen LogP contribution in [-0.2, 0) is 4.79 Å². The van der Waals surface area contributed by atoms with E-state index >= 15 is 0 Å². The number of benzene rings is 1. The van der Waals surface area contributed by atoms with Gasteiger partial charge in [0.25, 0.3) is 0 Å². The van der Waals surface area contributed by atoms with Crippen LogP contribution in [0.15, 0.2) is 55.0 Å². The Morgan fingerprint density at radius 3 is 2.90 bits per heavy atom. The molecule has 2 aromatic heterocycles. The van der Waals surface area contributed by atoms with E-state index in [9.17, 15) is 4.79 Å². The molecule has 0 aliphatic rings. The normalized spacial score (nSPS) is 12.0. The molecular formula is C15H15N5O. The Hall–Kier alpha value is -2.89. The van der Waals surface area contributed by atoms with Gasteiger partial charge in [-0.3, -0.25) is 14.6 Å². The zero-order valence-corrected chi connectivity index (χ0v) is 11.5. The molecule has 6 heteroatoms. The minimum Gasteiger partial charge on any atom is -0.324 e. The Labute approximate surface area is 121 Å². The average molecular weight is 281 g/mol. The Bertz CT molecular complexity index is 718. The minimum absolute atomic E-state index is 0.111. The van der Waals surface area contributed by atoms with Gasteiger partial charge in [-0.2, -0.15) is 10.2 Å². The molecule has 0 saturated heterocycles. The van der Waals surface area contributed by atoms with Gasteiger partial charge in [0.1, 0.15) is 6.04 Å². The number of aromatic amines is 1. The molecular weight excluding hydrogens is 266 g/mol. The van der Waals surface area contributed by atoms with Crippen molar-refractivity contribution in [2.24, 2.45) is 0 Å². The van der Waals surface area contributed by atoms with Crippen molar-refractivity contribution in [1.29, 1.82) is 0 Å². The van der Waals surface area contributed by atoms with Gasteiger partial charge in [-0.05, 0) is 31.2 Å². The summed E-state index contributed by atoms with van der Waals surface area (Å²) in [6.45, 7) is 1.81. The van der Waals surface area contributed by atoms with Gasteiger partial charge in [0, 0.05) is 29.8 Å². The molecule has 3 rings (SSSR count). The van der Waals surface area contributed by atoms with Crippen LogP contribution in [0.5, 0.6) is 0 Å². The van der Waals surface area contributed by atoms with E-state index in [0.29, 0.717) is 0 Å². The van der Waals surface area contributed by atoms with Gasteiger partial charge in [-0.25, -0.2) is 0 Å². The standard InChI is InChI=1S/C15H15N5O/c1-11(20-9-3-7-17-20)15(21)18-13-5-2-4-12(10-13)14-6-8-16-19-14/h2-11H,1H3,(H,16,19)(H,18,21). The largest absolute Gasteiger partial charge is 0.324 e. The Morgan fingerprint density at radius 2 is 2.19 bits per heavy atom. The van der Waals surface area contributed by atoms with Gasteiger partial charge in [-0.15, -0.1) is 0 Å². The predicted octanol–water partition coefficient (Wildman–Crippen LogP) is 2.47. The molecule has 0 aliphatic carbocycles. The lowest BCUT2D eigenvalue weighted by Gasteiger charge is -2.13. The number of nitrogens with zero attached hydrogens (tertiary/aromatic N) is 3. The van der Waals surface area contributed by atoms with Crippen molar-refractivity contribution in [3.8, 4) is 11.3 Å². The fourth-order valence-corrected chi connectivity index (χ4v) is 2.06. The monoisotopic (exact) mass is 281 g/mol. The number of carbonyl (C=O) groups excluding carboxylic acids is 1. The Morgan fingerprint density at radius 1 is 1.29 bits per heavy atom. The summed E-state index contributed by atoms with van der Waals surface area (Å²) in [6.07, 6.45) is 5.12. The molecule has 1 aromatic carbocycles. The third-order valence-corrected chi connectivity index (χ3v) is 3.24. The van der Waals surface area contributed by atoms with E-state index in [1.165, 1.54) is 0 Å². The SMILES string of the molecule is CC(C(=O)Nc1cccc(-c2ccn[nH]2)c1)n1cccn1. The van der Waals surface area contributed by atoms with E-state index in [1.54, 1.807) is 36.3 Å². The van der Waals surface area contributed by atoms with Crippen LogP contribution in [0.25, 0.3) is 11.3 Å². The maximum absolute atomic E-state index is 12.2. The second kappa shape index (κ2) is 5.62. The number of aromatic nitrogens is 4. The summed E-state index contributed by atoms with van der Waals surface area (Å²) in [5, 5.41) is 13.8. The topological polar surface area (TPSA) is 75.6 Å². The Kier molecular flexibility index (Phi) is 3.51. The van der Waals surface area contributed by atoms with Crippen molar-refractivity contribution < 1.29 is 4.79 Å². The Balaban J connectivity index is 1.76. The molecule has 1 unspecified atom stereocenters. The van der Waals surface area contributed by atoms with Crippen molar-refractivity contribution in [2.75, 3.05) is 5.32 Å². The second-order valence-corrected chi connectivity index (χ2v) is 4.70. The zero-order chi connectivity index (χ0) is 14.7. The lowest BCUT2D eigenvalue weighted by molar-refractivity contribution is -0.119. The number of anilines is 1. The molecule has 0 saturated carbocycles. The number of hydrogen-bond acceptors (Lipinski definition) is 3. The first kappa shape index (κ1) is 13.1. The van der Waals surface area contributed by atoms with E-state index in [2.05, 4.69) is 20.6 Å². The molecule has 6 nitrogen and oxygen atoms in total. The maximum Gasteiger partial charge on any atom is 0.248 e. The number of hydrogen-bond donors (Lipinski definition) is 2. The van der Waals surface area contributed by atoms with Crippen molar-refractivity contribution in [1.82, 2.24) is 20.0 Å². The molecule has 2 N–H and O–H groups in total. The van der Waals surface area contributed by atoms with Crippen molar-refractivity contribution in [3.05, 3.63) is 55.0 Å². The van der Waals surface area contributed by atoms with E-state index in [1.807, 2.05) is 30.3 Å². The van der Waals surface area contributed by atoms with Crippen LogP contribution in [0.1, 0.15) is 13.0 Å². The highest BCUT2D eigenvalue weighted by molar-refractivity contribution is 5.93. The molecule has 0 aliphatic heterocycles. The van der Waals surface area contributed by atoms with Crippen molar-refractivity contribution in [2.45, 2.75) is 13.0 Å². The molecule has 0 bridgehead atoms. The van der Waals surface area contributed by atoms with Crippen LogP contribution < -0.4 is 5.32 Å². The molecule has 21 heavy (non-hydrogen) atoms. The van der Waals surface area contributed by atoms with E-state index in [-0.39, 0.29) is 11.9 Å². The summed E-state index contributed by atoms with van der Waals surface area (Å²) in [5.74, 6) is -0.111. The number of carbonyl (C=O) groups is 1. The summed E-state index contributed by atoms with van der Waals surface area (Å²) >= 11 is 0. The summed E-state index contributed by atoms with van der Waals surface area (Å²) in [6, 6.07) is 10.9. The fraction of sp³-hybridized carbons (Fsp3) is 0.133. The van der Waals surface area contributed by atoms with Gasteiger partial charge >= 0.3 is 0 Å². The van der Waals surface area contributed by atoms with Crippen molar-refractivity contribution in [3.63, 3.8) is 0 Å². The first-order valence-corrected chi connectivity index (χ1v) is 6.64. The molecule has 0 spiro atoms. The van der Waals surface area contributed by atoms with Crippen LogP contribution in [-0.4, -0.2) is 25.9 Å². The molecule has 3 aromatic rings. The van der Waals surface area contributed by atoms with Gasteiger partial charge in [0.15, 0.2) is 0 Å². The number of amides is 1. The van der Waals surface area contributed by atoms with E-state index in [0.717, 1.165) is 16.9 Å². The van der Waals surface area contributed by atoms with Crippen LogP contribution in [0.4, 0.5) is 5.69 Å². The van der Waals surface area contributed by atoms with E-state index < -0.39 is 0 Å². The lowest BCUT2D eigenvalue weighted by Crippen LogP contribution is -2.23. The first-order chi connectivity index (χ1) is 10.2. The number of rotatable bonds is 4. The molecule has 106 valence electrons. The average Bonchev–Trinajstić information content (AvgIpc) is 3.20. The smallest absolute Gasteiger partial charge is 0.248 e. The predicted molar refractivity (Wildman–Crippen MR) is 79.6 cm³/mol. The summed E-state index contributed by atoms with van der Waals surface area (Å²) in [5.41, 5.74) is 2.62. The number of nitrogens with one attached hydrogen (secondary N) is 2. The van der Waals surface area contributed by atoms with Crippen LogP contribution in [0.2, 0.25) is 0 Å². The highest BCUT2D eigenvalue weighted by atomic mass is 16.2. The molecule has 2 heterocycles. The second-order valence-electron chi connectivity index (χ2n) is 4.70. The highest BCUT2D eigenvalue weighted by Gasteiger charge is 2.15. The third-order valence-electron chi connectivity index (χ3n) is 3.24. The van der Waals surface area contributed by atoms with Crippen LogP contribution in [0, 0.1) is 0 Å². The first-order valence-electron chi connectivity index (χ1n) is 6.64. The van der Waals surface area contributed by atoms with Gasteiger partial charge in [-0.1, -0.05) is 12.1 Å². The quantitative estimate of drug-likeness (QED) is 0.771. The van der Waals surface area contributed by atoms with Crippen LogP contribution >= 0.6 is 0 Å². The molecule has 1 atom stereocenters. The minimum atomic E-state index is -0.365. The van der Waals surface area contributed by atoms with Crippen molar-refractivity contribution >= 4 is 11.6 Å². The third kappa shape index (κ3) is 2.84. The summed E-state index contributed by atoms with van der Waals surface area (Å²) < 4.78 is 1.62. The van der Waals surface area contributed by atoms with Gasteiger partial charge in [0.05, 0.1) is 5.69 Å². The summed E-state index contributed by atoms with van der Waals surface area (Å²) in [7, 11) is 0. The van der Waals surface area contributed by atoms with Gasteiger partial charge < -0.3 is 5.32 Å². The number of H-pyrrole nitrogens is 1. The molecule has 1 amide bonds. The van der Waals surface area contributed by atoms with Gasteiger partial charge in [0.2, 0.25) is 5.91 Å². The zero-order valence-electron chi connectivity index (χ0n) is 11.5. The highest BCUT2D eigenvalue weighted by Crippen LogP contribution is 2.21. The van der Waals surface area contributed by atoms with Crippen LogP contribution in [0.3, 0.4) is 0 Å². The van der Waals surface area contributed by atoms with E-state index in [4.69, 9.17) is 0 Å². The summed E-state index contributed by atoms with van der Waals surface area (Å²) in [4.78, 5) is 12.2. The lowest BCUT2D eigenvalue weighted by atomic mass is 10.1. The maximum atomic E-state index is 12.2. The molecule has 0 fully saturated rings. The molecule has 0 radical (unpaired) electrons.